The van der Waals surface area contributed by atoms with Crippen LogP contribution in [0.3, 0.4) is 0 Å². The molecule has 3 rings (SSSR count). The molecule has 0 aromatic heterocycles. The second-order valence-corrected chi connectivity index (χ2v) is 6.64. The van der Waals surface area contributed by atoms with Crippen LogP contribution >= 0.6 is 15.9 Å². The SMILES string of the molecule is COc1cc(/C=C2\N=C(c3cccc([N+](=O)[O-])c3C)OC2=O)cc(Br)c1OC. The van der Waals surface area contributed by atoms with Gasteiger partial charge in [0.1, 0.15) is 0 Å². The lowest BCUT2D eigenvalue weighted by Gasteiger charge is -2.10. The number of aliphatic imine (C=N–C) groups is 1. The highest BCUT2D eigenvalue weighted by atomic mass is 79.9. The van der Waals surface area contributed by atoms with E-state index in [-0.39, 0.29) is 17.3 Å². The lowest BCUT2D eigenvalue weighted by Crippen LogP contribution is -2.08. The molecule has 0 saturated carbocycles. The van der Waals surface area contributed by atoms with Gasteiger partial charge in [0.15, 0.2) is 17.2 Å². The molecule has 2 aromatic carbocycles. The molecule has 1 aliphatic rings. The number of cyclic esters (lactones) is 1. The molecule has 0 spiro atoms. The predicted octanol–water partition coefficient (Wildman–Crippen LogP) is 4.03. The average molecular weight is 447 g/mol. The third kappa shape index (κ3) is 3.61. The summed E-state index contributed by atoms with van der Waals surface area (Å²) in [5.41, 5.74) is 1.39. The van der Waals surface area contributed by atoms with Crippen LogP contribution in [0.2, 0.25) is 0 Å². The maximum atomic E-state index is 12.2. The minimum absolute atomic E-state index is 0.0250. The Morgan fingerprint density at radius 3 is 2.64 bits per heavy atom. The molecule has 0 atom stereocenters. The minimum Gasteiger partial charge on any atom is -0.493 e. The third-order valence-corrected chi connectivity index (χ3v) is 4.70. The van der Waals surface area contributed by atoms with Gasteiger partial charge in [0.25, 0.3) is 5.69 Å². The van der Waals surface area contributed by atoms with E-state index in [4.69, 9.17) is 14.2 Å². The Morgan fingerprint density at radius 2 is 2.00 bits per heavy atom. The second-order valence-electron chi connectivity index (χ2n) is 5.78. The van der Waals surface area contributed by atoms with E-state index in [2.05, 4.69) is 20.9 Å². The van der Waals surface area contributed by atoms with E-state index in [9.17, 15) is 14.9 Å². The van der Waals surface area contributed by atoms with Crippen molar-refractivity contribution in [3.8, 4) is 11.5 Å². The number of nitro benzene ring substituents is 1. The van der Waals surface area contributed by atoms with Crippen LogP contribution in [0.4, 0.5) is 5.69 Å². The van der Waals surface area contributed by atoms with E-state index in [0.29, 0.717) is 32.7 Å². The van der Waals surface area contributed by atoms with Crippen molar-refractivity contribution in [2.24, 2.45) is 4.99 Å². The van der Waals surface area contributed by atoms with E-state index in [1.165, 1.54) is 32.4 Å². The fraction of sp³-hybridized carbons (Fsp3) is 0.158. The number of hydrogen-bond donors (Lipinski definition) is 0. The number of benzene rings is 2. The fourth-order valence-corrected chi connectivity index (χ4v) is 3.38. The van der Waals surface area contributed by atoms with Gasteiger partial charge in [0.2, 0.25) is 5.90 Å². The molecular formula is C19H15BrN2O6. The molecule has 0 N–H and O–H groups in total. The molecule has 0 saturated heterocycles. The summed E-state index contributed by atoms with van der Waals surface area (Å²) in [6.07, 6.45) is 1.54. The van der Waals surface area contributed by atoms with E-state index >= 15 is 0 Å². The van der Waals surface area contributed by atoms with Gasteiger partial charge in [-0.3, -0.25) is 10.1 Å². The highest BCUT2D eigenvalue weighted by Crippen LogP contribution is 2.37. The number of halogens is 1. The summed E-state index contributed by atoms with van der Waals surface area (Å²) < 4.78 is 16.4. The van der Waals surface area contributed by atoms with Crippen LogP contribution < -0.4 is 9.47 Å². The summed E-state index contributed by atoms with van der Waals surface area (Å²) in [6, 6.07) is 7.95. The van der Waals surface area contributed by atoms with Gasteiger partial charge in [-0.05, 0) is 52.7 Å². The Bertz CT molecular complexity index is 1040. The Morgan fingerprint density at radius 1 is 1.25 bits per heavy atom. The molecule has 28 heavy (non-hydrogen) atoms. The molecule has 0 amide bonds. The van der Waals surface area contributed by atoms with Gasteiger partial charge in [0.05, 0.1) is 23.6 Å². The van der Waals surface area contributed by atoms with Crippen LogP contribution in [-0.2, 0) is 9.53 Å². The van der Waals surface area contributed by atoms with Crippen LogP contribution in [0.15, 0.2) is 45.5 Å². The summed E-state index contributed by atoms with van der Waals surface area (Å²) in [6.45, 7) is 1.58. The van der Waals surface area contributed by atoms with Crippen LogP contribution in [-0.4, -0.2) is 31.0 Å². The molecule has 0 aliphatic carbocycles. The first kappa shape index (κ1) is 19.6. The zero-order valence-electron chi connectivity index (χ0n) is 15.2. The molecule has 2 aromatic rings. The van der Waals surface area contributed by atoms with Gasteiger partial charge < -0.3 is 14.2 Å². The van der Waals surface area contributed by atoms with Gasteiger partial charge in [-0.15, -0.1) is 0 Å². The molecule has 144 valence electrons. The van der Waals surface area contributed by atoms with Crippen molar-refractivity contribution < 1.29 is 23.9 Å². The molecule has 1 aliphatic heterocycles. The van der Waals surface area contributed by atoms with Crippen molar-refractivity contribution in [3.63, 3.8) is 0 Å². The number of esters is 1. The maximum Gasteiger partial charge on any atom is 0.363 e. The van der Waals surface area contributed by atoms with Crippen LogP contribution in [0.1, 0.15) is 16.7 Å². The summed E-state index contributed by atoms with van der Waals surface area (Å²) in [4.78, 5) is 27.1. The number of ether oxygens (including phenoxy) is 3. The Hall–Kier alpha value is -3.20. The molecule has 8 nitrogen and oxygen atoms in total. The van der Waals surface area contributed by atoms with Gasteiger partial charge in [0, 0.05) is 17.2 Å². The average Bonchev–Trinajstić information content (AvgIpc) is 3.01. The number of methoxy groups -OCH3 is 2. The highest BCUT2D eigenvalue weighted by molar-refractivity contribution is 9.10. The Labute approximate surface area is 168 Å². The second kappa shape index (κ2) is 7.81. The van der Waals surface area contributed by atoms with Crippen molar-refractivity contribution in [3.05, 3.63) is 67.3 Å². The molecular weight excluding hydrogens is 432 g/mol. The van der Waals surface area contributed by atoms with Crippen LogP contribution in [0.5, 0.6) is 11.5 Å². The number of nitro groups is 1. The normalized spacial score (nSPS) is 14.6. The van der Waals surface area contributed by atoms with Crippen molar-refractivity contribution in [2.45, 2.75) is 6.92 Å². The topological polar surface area (TPSA) is 100 Å². The standard InChI is InChI=1S/C19H15BrN2O6/c1-10-12(5-4-6-15(10)22(24)25)18-21-14(19(23)28-18)8-11-7-13(20)17(27-3)16(9-11)26-2/h4-9H,1-3H3/b14-8-. The van der Waals surface area contributed by atoms with Gasteiger partial charge in [-0.2, -0.15) is 0 Å². The zero-order chi connectivity index (χ0) is 20.4. The lowest BCUT2D eigenvalue weighted by molar-refractivity contribution is -0.385. The van der Waals surface area contributed by atoms with Gasteiger partial charge in [-0.25, -0.2) is 9.79 Å². The highest BCUT2D eigenvalue weighted by Gasteiger charge is 2.27. The zero-order valence-corrected chi connectivity index (χ0v) is 16.8. The van der Waals surface area contributed by atoms with Gasteiger partial charge in [-0.1, -0.05) is 6.07 Å². The molecule has 0 unspecified atom stereocenters. The Kier molecular flexibility index (Phi) is 5.46. The van der Waals surface area contributed by atoms with Crippen LogP contribution in [0.25, 0.3) is 6.08 Å². The summed E-state index contributed by atoms with van der Waals surface area (Å²) in [5.74, 6) is 0.382. The molecule has 0 radical (unpaired) electrons. The smallest absolute Gasteiger partial charge is 0.363 e. The number of carbonyl (C=O) groups excluding carboxylic acids is 1. The van der Waals surface area contributed by atoms with E-state index in [1.807, 2.05) is 0 Å². The summed E-state index contributed by atoms with van der Waals surface area (Å²) >= 11 is 3.39. The minimum atomic E-state index is -0.646. The maximum absolute atomic E-state index is 12.2. The van der Waals surface area contributed by atoms with E-state index < -0.39 is 10.9 Å². The van der Waals surface area contributed by atoms with Crippen LogP contribution in [0, 0.1) is 17.0 Å². The quantitative estimate of drug-likeness (QED) is 0.297. The summed E-state index contributed by atoms with van der Waals surface area (Å²) in [7, 11) is 3.03. The number of nitrogens with zero attached hydrogens (tertiary/aromatic N) is 2. The van der Waals surface area contributed by atoms with E-state index in [1.54, 1.807) is 25.1 Å². The number of rotatable bonds is 5. The lowest BCUT2D eigenvalue weighted by atomic mass is 10.1. The summed E-state index contributed by atoms with van der Waals surface area (Å²) in [5, 5.41) is 11.1. The van der Waals surface area contributed by atoms with Crippen molar-refractivity contribution in [1.29, 1.82) is 0 Å². The first-order valence-corrected chi connectivity index (χ1v) is 8.83. The fourth-order valence-electron chi connectivity index (χ4n) is 2.76. The van der Waals surface area contributed by atoms with Crippen molar-refractivity contribution >= 4 is 39.6 Å². The molecule has 9 heteroatoms. The monoisotopic (exact) mass is 446 g/mol. The first-order chi connectivity index (χ1) is 13.3. The number of carbonyl (C=O) groups is 1. The molecule has 0 fully saturated rings. The third-order valence-electron chi connectivity index (χ3n) is 4.11. The molecule has 0 bridgehead atoms. The van der Waals surface area contributed by atoms with Crippen molar-refractivity contribution in [1.82, 2.24) is 0 Å². The Balaban J connectivity index is 2.03. The van der Waals surface area contributed by atoms with Gasteiger partial charge >= 0.3 is 5.97 Å². The predicted molar refractivity (Wildman–Crippen MR) is 106 cm³/mol. The van der Waals surface area contributed by atoms with E-state index in [0.717, 1.165) is 0 Å². The number of hydrogen-bond acceptors (Lipinski definition) is 7. The molecule has 1 heterocycles. The van der Waals surface area contributed by atoms with Crippen molar-refractivity contribution in [2.75, 3.05) is 14.2 Å². The largest absolute Gasteiger partial charge is 0.493 e. The first-order valence-electron chi connectivity index (χ1n) is 8.04.